The van der Waals surface area contributed by atoms with E-state index >= 15 is 0 Å². The predicted molar refractivity (Wildman–Crippen MR) is 114 cm³/mol. The Kier molecular flexibility index (Phi) is 5.81. The first-order chi connectivity index (χ1) is 14.4. The van der Waals surface area contributed by atoms with Crippen LogP contribution in [0, 0.1) is 11.8 Å². The fourth-order valence-corrected chi connectivity index (χ4v) is 7.59. The molecule has 2 bridgehead atoms. The summed E-state index contributed by atoms with van der Waals surface area (Å²) in [6.07, 6.45) is 1.55. The molecule has 0 aromatic heterocycles. The van der Waals surface area contributed by atoms with Gasteiger partial charge < -0.3 is 20.6 Å². The molecule has 0 radical (unpaired) electrons. The molecule has 1 spiro atoms. The summed E-state index contributed by atoms with van der Waals surface area (Å²) >= 11 is 1.64. The Balaban J connectivity index is 1.59. The molecule has 0 saturated carbocycles. The van der Waals surface area contributed by atoms with Crippen LogP contribution in [0.4, 0.5) is 0 Å². The van der Waals surface area contributed by atoms with Gasteiger partial charge in [-0.05, 0) is 32.3 Å². The third kappa shape index (κ3) is 3.39. The minimum Gasteiger partial charge on any atom is -0.395 e. The number of benzene rings is 1. The third-order valence-electron chi connectivity index (χ3n) is 6.43. The van der Waals surface area contributed by atoms with E-state index < -0.39 is 22.6 Å². The van der Waals surface area contributed by atoms with E-state index in [1.165, 1.54) is 4.90 Å². The fourth-order valence-electron chi connectivity index (χ4n) is 5.37. The fraction of sp³-hybridized carbons (Fsp3) is 0.591. The van der Waals surface area contributed by atoms with Crippen LogP contribution in [0.2, 0.25) is 0 Å². The van der Waals surface area contributed by atoms with Gasteiger partial charge in [-0.2, -0.15) is 0 Å². The van der Waals surface area contributed by atoms with Gasteiger partial charge in [-0.15, -0.1) is 11.8 Å². The van der Waals surface area contributed by atoms with Crippen LogP contribution >= 0.6 is 11.8 Å². The van der Waals surface area contributed by atoms with Crippen molar-refractivity contribution in [3.05, 3.63) is 35.9 Å². The van der Waals surface area contributed by atoms with Crippen molar-refractivity contribution < 1.29 is 19.5 Å². The first-order valence-electron chi connectivity index (χ1n) is 10.6. The van der Waals surface area contributed by atoms with Crippen LogP contribution in [0.5, 0.6) is 0 Å². The average Bonchev–Trinajstić information content (AvgIpc) is 3.34. The number of likely N-dealkylation sites (tertiary alicyclic amines) is 1. The molecule has 3 saturated heterocycles. The summed E-state index contributed by atoms with van der Waals surface area (Å²) in [5, 5.41) is 15.5. The SMILES string of the molecule is CC(C)NC(=O)C1N(CCO)C(=O)[C@@H]2[C@@H](C(=O)NCc3ccccc3)[C@H]3CCC12S3. The zero-order chi connectivity index (χ0) is 21.5. The summed E-state index contributed by atoms with van der Waals surface area (Å²) in [7, 11) is 0. The minimum absolute atomic E-state index is 0.0420. The molecule has 3 amide bonds. The van der Waals surface area contributed by atoms with Gasteiger partial charge in [-0.25, -0.2) is 0 Å². The minimum atomic E-state index is -0.647. The van der Waals surface area contributed by atoms with Gasteiger partial charge in [0, 0.05) is 24.4 Å². The number of aliphatic hydroxyl groups excluding tert-OH is 1. The summed E-state index contributed by atoms with van der Waals surface area (Å²) in [6.45, 7) is 4.09. The van der Waals surface area contributed by atoms with Gasteiger partial charge >= 0.3 is 0 Å². The van der Waals surface area contributed by atoms with Crippen LogP contribution in [0.1, 0.15) is 32.3 Å². The monoisotopic (exact) mass is 431 g/mol. The Morgan fingerprint density at radius 1 is 1.27 bits per heavy atom. The summed E-state index contributed by atoms with van der Waals surface area (Å²) in [5.41, 5.74) is 1.00. The van der Waals surface area contributed by atoms with Gasteiger partial charge in [-0.1, -0.05) is 30.3 Å². The van der Waals surface area contributed by atoms with E-state index in [4.69, 9.17) is 0 Å². The quantitative estimate of drug-likeness (QED) is 0.596. The standard InChI is InChI=1S/C22H29N3O4S/c1-13(2)24-20(28)18-22-9-8-15(30-22)16(17(22)21(29)25(18)10-11-26)19(27)23-12-14-6-4-3-5-7-14/h3-7,13,15-18,26H,8-12H2,1-2H3,(H,23,27)(H,24,28)/t15-,16+,17+,18?,22?/m1/s1. The van der Waals surface area contributed by atoms with Crippen molar-refractivity contribution in [2.75, 3.05) is 13.2 Å². The highest BCUT2D eigenvalue weighted by atomic mass is 32.2. The summed E-state index contributed by atoms with van der Waals surface area (Å²) in [6, 6.07) is 8.99. The molecule has 3 heterocycles. The molecule has 1 aromatic carbocycles. The van der Waals surface area contributed by atoms with E-state index in [-0.39, 0.29) is 42.2 Å². The normalized spacial score (nSPS) is 31.9. The Labute approximate surface area is 181 Å². The molecule has 3 aliphatic rings. The number of nitrogens with zero attached hydrogens (tertiary/aromatic N) is 1. The van der Waals surface area contributed by atoms with Crippen molar-refractivity contribution in [3.63, 3.8) is 0 Å². The lowest BCUT2D eigenvalue weighted by Crippen LogP contribution is -2.55. The number of fused-ring (bicyclic) bond motifs is 1. The summed E-state index contributed by atoms with van der Waals surface area (Å²) < 4.78 is -0.593. The molecule has 0 aliphatic carbocycles. The second kappa shape index (κ2) is 8.23. The maximum atomic E-state index is 13.4. The smallest absolute Gasteiger partial charge is 0.244 e. The number of β-amino-alcohol motifs (C(OH)–C–C–N with tert-alkyl or cyclic N) is 1. The van der Waals surface area contributed by atoms with Crippen LogP contribution in [0.15, 0.2) is 30.3 Å². The molecular formula is C22H29N3O4S. The third-order valence-corrected chi connectivity index (χ3v) is 8.38. The van der Waals surface area contributed by atoms with Crippen molar-refractivity contribution in [1.29, 1.82) is 0 Å². The molecule has 8 heteroatoms. The Morgan fingerprint density at radius 2 is 2.00 bits per heavy atom. The second-order valence-electron chi connectivity index (χ2n) is 8.68. The number of carbonyl (C=O) groups excluding carboxylic acids is 3. The first-order valence-corrected chi connectivity index (χ1v) is 11.5. The van der Waals surface area contributed by atoms with Crippen LogP contribution < -0.4 is 10.6 Å². The summed E-state index contributed by atoms with van der Waals surface area (Å²) in [5.74, 6) is -1.45. The van der Waals surface area contributed by atoms with E-state index in [9.17, 15) is 19.5 Å². The maximum Gasteiger partial charge on any atom is 0.244 e. The van der Waals surface area contributed by atoms with Gasteiger partial charge in [0.25, 0.3) is 0 Å². The molecular weight excluding hydrogens is 402 g/mol. The molecule has 5 atom stereocenters. The topological polar surface area (TPSA) is 98.7 Å². The highest BCUT2D eigenvalue weighted by Gasteiger charge is 2.73. The molecule has 2 unspecified atom stereocenters. The van der Waals surface area contributed by atoms with E-state index in [0.717, 1.165) is 18.4 Å². The lowest BCUT2D eigenvalue weighted by Gasteiger charge is -2.34. The number of hydrogen-bond acceptors (Lipinski definition) is 5. The van der Waals surface area contributed by atoms with Crippen LogP contribution in [-0.2, 0) is 20.9 Å². The van der Waals surface area contributed by atoms with Crippen molar-refractivity contribution in [2.45, 2.75) is 55.3 Å². The number of nitrogens with one attached hydrogen (secondary N) is 2. The number of aliphatic hydroxyl groups is 1. The Hall–Kier alpha value is -2.06. The predicted octanol–water partition coefficient (Wildman–Crippen LogP) is 0.911. The average molecular weight is 432 g/mol. The first kappa shape index (κ1) is 21.2. The second-order valence-corrected chi connectivity index (χ2v) is 10.3. The van der Waals surface area contributed by atoms with E-state index in [1.807, 2.05) is 44.2 Å². The molecule has 30 heavy (non-hydrogen) atoms. The van der Waals surface area contributed by atoms with Crippen LogP contribution in [-0.4, -0.2) is 63.0 Å². The van der Waals surface area contributed by atoms with Gasteiger partial charge in [0.15, 0.2) is 0 Å². The van der Waals surface area contributed by atoms with Crippen molar-refractivity contribution in [2.24, 2.45) is 11.8 Å². The zero-order valence-corrected chi connectivity index (χ0v) is 18.2. The van der Waals surface area contributed by atoms with Gasteiger partial charge in [0.05, 0.1) is 23.2 Å². The molecule has 4 rings (SSSR count). The van der Waals surface area contributed by atoms with E-state index in [0.29, 0.717) is 6.54 Å². The van der Waals surface area contributed by atoms with E-state index in [1.54, 1.807) is 11.8 Å². The Morgan fingerprint density at radius 3 is 2.67 bits per heavy atom. The van der Waals surface area contributed by atoms with Crippen LogP contribution in [0.25, 0.3) is 0 Å². The largest absolute Gasteiger partial charge is 0.395 e. The molecule has 3 aliphatic heterocycles. The Bertz CT molecular complexity index is 833. The number of amides is 3. The number of hydrogen-bond donors (Lipinski definition) is 3. The number of rotatable bonds is 7. The van der Waals surface area contributed by atoms with Gasteiger partial charge in [0.2, 0.25) is 17.7 Å². The molecule has 7 nitrogen and oxygen atoms in total. The molecule has 3 fully saturated rings. The highest BCUT2D eigenvalue weighted by Crippen LogP contribution is 2.66. The lowest BCUT2D eigenvalue weighted by atomic mass is 9.70. The number of thioether (sulfide) groups is 1. The molecule has 1 aromatic rings. The van der Waals surface area contributed by atoms with Gasteiger partial charge in [0.1, 0.15) is 6.04 Å². The van der Waals surface area contributed by atoms with E-state index in [2.05, 4.69) is 10.6 Å². The maximum absolute atomic E-state index is 13.4. The zero-order valence-electron chi connectivity index (χ0n) is 17.3. The van der Waals surface area contributed by atoms with Crippen LogP contribution in [0.3, 0.4) is 0 Å². The summed E-state index contributed by atoms with van der Waals surface area (Å²) in [4.78, 5) is 41.2. The van der Waals surface area contributed by atoms with Crippen molar-refractivity contribution in [1.82, 2.24) is 15.5 Å². The molecule has 3 N–H and O–H groups in total. The number of carbonyl (C=O) groups is 3. The lowest BCUT2D eigenvalue weighted by molar-refractivity contribution is -0.140. The van der Waals surface area contributed by atoms with Crippen molar-refractivity contribution >= 4 is 29.5 Å². The van der Waals surface area contributed by atoms with Gasteiger partial charge in [-0.3, -0.25) is 14.4 Å². The highest BCUT2D eigenvalue weighted by molar-refractivity contribution is 8.02. The van der Waals surface area contributed by atoms with Crippen molar-refractivity contribution in [3.8, 4) is 0 Å². The molecule has 162 valence electrons.